The standard InChI is InChI=1S/C108H72B2N4/c1-9-27-73(28-10-1)81-55-61-91(62-56-81)111-101-65-59-85(74-29-11-2-12-30-74)67-99(101)93-43-25-44-94-100-68-86(75-31-13-3-14-32-75)60-66-102(100)112(109(111)107(93)94)92-63-57-82(58-64-92)79-49-47-78(48-50-79)80-51-53-84(54-52-80)98-70-88(77-35-17-5-18-36-77)72-104-106(98)96-46-26-45-95-105-97(83-37-19-6-20-38-83)69-87(76-33-15-4-16-34-76)71-103(105)113(89-39-21-7-22-40-89)110(108(95)96)114(104)90-41-23-8-24-42-90/h1-72H. The molecular weight excluding hydrogens is 1370 g/mol. The van der Waals surface area contributed by atoms with Gasteiger partial charge in [-0.25, -0.2) is 0 Å². The van der Waals surface area contributed by atoms with E-state index in [0.29, 0.717) is 0 Å². The third-order valence-corrected chi connectivity index (χ3v) is 23.8. The predicted molar refractivity (Wildman–Crippen MR) is 482 cm³/mol. The average Bonchev–Trinajstić information content (AvgIpc) is 0.693. The first kappa shape index (κ1) is 66.3. The Bertz CT molecular complexity index is 6660. The second kappa shape index (κ2) is 27.7. The maximum Gasteiger partial charge on any atom is 0.421 e. The number of fused-ring (bicyclic) bond motifs is 8. The zero-order valence-corrected chi connectivity index (χ0v) is 62.5. The van der Waals surface area contributed by atoms with Crippen molar-refractivity contribution in [3.63, 3.8) is 0 Å². The van der Waals surface area contributed by atoms with E-state index in [4.69, 9.17) is 0 Å². The van der Waals surface area contributed by atoms with E-state index in [1.165, 1.54) is 117 Å². The Morgan fingerprint density at radius 3 is 0.711 bits per heavy atom. The zero-order chi connectivity index (χ0) is 75.2. The van der Waals surface area contributed by atoms with Crippen molar-refractivity contribution in [2.45, 2.75) is 0 Å². The molecule has 0 N–H and O–H groups in total. The molecule has 0 bridgehead atoms. The molecule has 0 saturated carbocycles. The highest BCUT2D eigenvalue weighted by molar-refractivity contribution is 6.87. The van der Waals surface area contributed by atoms with Crippen LogP contribution in [0.15, 0.2) is 437 Å². The summed E-state index contributed by atoms with van der Waals surface area (Å²) < 4.78 is 0. The van der Waals surface area contributed by atoms with Gasteiger partial charge in [0.25, 0.3) is 0 Å². The molecule has 0 fully saturated rings. The van der Waals surface area contributed by atoms with Crippen LogP contribution in [0.1, 0.15) is 0 Å². The van der Waals surface area contributed by atoms with E-state index in [-0.39, 0.29) is 14.0 Å². The Hall–Kier alpha value is -14.7. The maximum atomic E-state index is 2.63. The van der Waals surface area contributed by atoms with Gasteiger partial charge in [0, 0.05) is 67.8 Å². The molecule has 0 atom stereocenters. The number of nitrogens with zero attached hydrogens (tertiary/aromatic N) is 4. The van der Waals surface area contributed by atoms with Crippen molar-refractivity contribution < 1.29 is 0 Å². The molecule has 22 rings (SSSR count). The summed E-state index contributed by atoms with van der Waals surface area (Å²) >= 11 is 0. The monoisotopic (exact) mass is 1450 g/mol. The summed E-state index contributed by atoms with van der Waals surface area (Å²) in [5.41, 5.74) is 42.5. The minimum absolute atomic E-state index is 0.244. The third-order valence-electron chi connectivity index (χ3n) is 23.8. The Labute approximate surface area is 666 Å². The minimum atomic E-state index is -0.285. The summed E-state index contributed by atoms with van der Waals surface area (Å²) in [5, 5.41) is 0. The highest BCUT2D eigenvalue weighted by Gasteiger charge is 2.50. The first-order chi connectivity index (χ1) is 56.6. The van der Waals surface area contributed by atoms with E-state index in [0.717, 1.165) is 84.4 Å². The maximum absolute atomic E-state index is 2.63. The van der Waals surface area contributed by atoms with Crippen LogP contribution >= 0.6 is 0 Å². The van der Waals surface area contributed by atoms with Gasteiger partial charge in [-0.15, -0.1) is 0 Å². The zero-order valence-electron chi connectivity index (χ0n) is 62.5. The summed E-state index contributed by atoms with van der Waals surface area (Å²) in [7, 11) is 0. The van der Waals surface area contributed by atoms with E-state index >= 15 is 0 Å². The number of hydrogen-bond donors (Lipinski definition) is 0. The van der Waals surface area contributed by atoms with Gasteiger partial charge in [-0.2, -0.15) is 0 Å². The third kappa shape index (κ3) is 11.2. The van der Waals surface area contributed by atoms with Crippen LogP contribution in [0.4, 0.5) is 45.5 Å². The lowest BCUT2D eigenvalue weighted by Crippen LogP contribution is -2.62. The molecule has 18 aromatic rings. The minimum Gasteiger partial charge on any atom is -0.361 e. The Kier molecular flexibility index (Phi) is 16.1. The fourth-order valence-corrected chi connectivity index (χ4v) is 18.5. The molecule has 0 amide bonds. The molecule has 114 heavy (non-hydrogen) atoms. The van der Waals surface area contributed by atoms with Crippen LogP contribution in [0.5, 0.6) is 0 Å². The molecule has 4 heterocycles. The van der Waals surface area contributed by atoms with Gasteiger partial charge in [-0.1, -0.05) is 340 Å². The van der Waals surface area contributed by atoms with Crippen LogP contribution in [-0.2, 0) is 0 Å². The normalized spacial score (nSPS) is 12.6. The lowest BCUT2D eigenvalue weighted by molar-refractivity contribution is 1.26. The van der Waals surface area contributed by atoms with Gasteiger partial charge in [0.05, 0.1) is 0 Å². The van der Waals surface area contributed by atoms with Crippen molar-refractivity contribution in [1.82, 2.24) is 0 Å². The van der Waals surface area contributed by atoms with E-state index in [9.17, 15) is 0 Å². The van der Waals surface area contributed by atoms with Crippen molar-refractivity contribution in [1.29, 1.82) is 0 Å². The highest BCUT2D eigenvalue weighted by Crippen LogP contribution is 2.57. The molecule has 0 spiro atoms. The van der Waals surface area contributed by atoms with Crippen LogP contribution in [0.2, 0.25) is 0 Å². The molecule has 0 aromatic heterocycles. The van der Waals surface area contributed by atoms with Gasteiger partial charge >= 0.3 is 14.0 Å². The van der Waals surface area contributed by atoms with Crippen molar-refractivity contribution in [2.24, 2.45) is 0 Å². The van der Waals surface area contributed by atoms with Gasteiger partial charge in [-0.3, -0.25) is 0 Å². The molecule has 0 unspecified atom stereocenters. The Morgan fingerprint density at radius 1 is 0.132 bits per heavy atom. The van der Waals surface area contributed by atoms with Gasteiger partial charge in [-0.05, 0) is 230 Å². The van der Waals surface area contributed by atoms with Crippen LogP contribution in [0.3, 0.4) is 0 Å². The number of hydrogen-bond acceptors (Lipinski definition) is 4. The number of rotatable bonds is 13. The SMILES string of the molecule is c1ccc(-c2ccc(N3B4c5c(cccc5-c5cc(-c6ccccc6)ccc5N4c4ccc(-c5ccc(-c6ccc(-c7cc(-c8ccccc8)cc8c7-c7cccc9c7B(N(c7ccccc7)c7cc(-c%10ccccc%10)cc(-c%10ccccc%10)c7-9)N8c7ccccc7)cc6)cc5)cc4)-c4cc(-c5ccccc5)ccc43)cc2)cc1. The molecule has 4 aliphatic rings. The summed E-state index contributed by atoms with van der Waals surface area (Å²) in [6.45, 7) is -0.529. The van der Waals surface area contributed by atoms with Crippen molar-refractivity contribution in [2.75, 3.05) is 19.2 Å². The van der Waals surface area contributed by atoms with Crippen LogP contribution in [0.25, 0.3) is 145 Å². The second-order valence-electron chi connectivity index (χ2n) is 30.2. The molecule has 4 nitrogen and oxygen atoms in total. The van der Waals surface area contributed by atoms with E-state index in [1.807, 2.05) is 0 Å². The highest BCUT2D eigenvalue weighted by atomic mass is 15.3. The molecule has 6 heteroatoms. The predicted octanol–water partition coefficient (Wildman–Crippen LogP) is 27.4. The number of anilines is 8. The van der Waals surface area contributed by atoms with Gasteiger partial charge < -0.3 is 19.2 Å². The first-order valence-electron chi connectivity index (χ1n) is 39.5. The summed E-state index contributed by atoms with van der Waals surface area (Å²) in [4.78, 5) is 10.5. The van der Waals surface area contributed by atoms with E-state index in [2.05, 4.69) is 456 Å². The van der Waals surface area contributed by atoms with E-state index < -0.39 is 0 Å². The lowest BCUT2D eigenvalue weighted by atomic mass is 9.52. The van der Waals surface area contributed by atoms with Crippen LogP contribution in [-0.4, -0.2) is 14.0 Å². The lowest BCUT2D eigenvalue weighted by Gasteiger charge is -2.48. The summed E-state index contributed by atoms with van der Waals surface area (Å²) in [5.74, 6) is 0. The smallest absolute Gasteiger partial charge is 0.361 e. The second-order valence-corrected chi connectivity index (χ2v) is 30.2. The van der Waals surface area contributed by atoms with Gasteiger partial charge in [0.15, 0.2) is 0 Å². The Balaban J connectivity index is 0.650. The Morgan fingerprint density at radius 2 is 0.360 bits per heavy atom. The first-order valence-corrected chi connectivity index (χ1v) is 39.5. The topological polar surface area (TPSA) is 13.0 Å². The van der Waals surface area contributed by atoms with Crippen molar-refractivity contribution >= 4 is 70.4 Å². The van der Waals surface area contributed by atoms with E-state index in [1.54, 1.807) is 0 Å². The van der Waals surface area contributed by atoms with Gasteiger partial charge in [0.2, 0.25) is 0 Å². The molecule has 0 saturated heterocycles. The number of benzene rings is 18. The van der Waals surface area contributed by atoms with Crippen LogP contribution in [0, 0.1) is 0 Å². The molecular formula is C108H72B2N4. The average molecular weight is 1450 g/mol. The fourth-order valence-electron chi connectivity index (χ4n) is 18.5. The van der Waals surface area contributed by atoms with Crippen LogP contribution < -0.4 is 30.2 Å². The fraction of sp³-hybridized carbons (Fsp3) is 0. The molecule has 530 valence electrons. The molecule has 18 aromatic carbocycles. The van der Waals surface area contributed by atoms with Gasteiger partial charge in [0.1, 0.15) is 0 Å². The summed E-state index contributed by atoms with van der Waals surface area (Å²) in [6.07, 6.45) is 0. The molecule has 0 radical (unpaired) electrons. The molecule has 0 aliphatic carbocycles. The largest absolute Gasteiger partial charge is 0.421 e. The van der Waals surface area contributed by atoms with Crippen molar-refractivity contribution in [3.05, 3.63) is 437 Å². The number of para-hydroxylation sites is 2. The molecule has 4 aliphatic heterocycles. The summed E-state index contributed by atoms with van der Waals surface area (Å²) in [6, 6.07) is 162. The quantitative estimate of drug-likeness (QED) is 0.107. The van der Waals surface area contributed by atoms with Crippen molar-refractivity contribution in [3.8, 4) is 145 Å².